The molecule has 0 spiro atoms. The van der Waals surface area contributed by atoms with E-state index < -0.39 is 0 Å². The smallest absolute Gasteiger partial charge is 0.00179 e. The molecule has 0 heterocycles. The van der Waals surface area contributed by atoms with E-state index in [1.165, 1.54) is 57.2 Å². The summed E-state index contributed by atoms with van der Waals surface area (Å²) >= 11 is 0. The van der Waals surface area contributed by atoms with Crippen molar-refractivity contribution in [1.29, 1.82) is 0 Å². The lowest BCUT2D eigenvalue weighted by Crippen LogP contribution is -2.37. The van der Waals surface area contributed by atoms with Crippen LogP contribution in [0.15, 0.2) is 12.2 Å². The van der Waals surface area contributed by atoms with Crippen LogP contribution in [0.1, 0.15) is 73.1 Å². The van der Waals surface area contributed by atoms with Gasteiger partial charge in [-0.1, -0.05) is 33.3 Å². The van der Waals surface area contributed by atoms with E-state index in [1.54, 1.807) is 0 Å². The van der Waals surface area contributed by atoms with E-state index in [-0.39, 0.29) is 0 Å². The van der Waals surface area contributed by atoms with Gasteiger partial charge in [-0.15, -0.1) is 6.58 Å². The predicted octanol–water partition coefficient (Wildman–Crippen LogP) is 5.42. The maximum absolute atomic E-state index is 4.09. The van der Waals surface area contributed by atoms with E-state index in [2.05, 4.69) is 46.5 Å². The molecule has 1 heteroatoms. The zero-order chi connectivity index (χ0) is 15.2. The molecule has 0 aromatic rings. The number of allylic oxidation sites excluding steroid dienone is 1. The van der Waals surface area contributed by atoms with Gasteiger partial charge in [0.2, 0.25) is 0 Å². The lowest BCUT2D eigenvalue weighted by molar-refractivity contribution is 0.0928. The molecule has 0 bridgehead atoms. The third-order valence-corrected chi connectivity index (χ3v) is 5.14. The number of hydrogen-bond donors (Lipinski definition) is 1. The Kier molecular flexibility index (Phi) is 7.29. The predicted molar refractivity (Wildman–Crippen MR) is 91.0 cm³/mol. The van der Waals surface area contributed by atoms with Crippen molar-refractivity contribution in [3.05, 3.63) is 12.2 Å². The summed E-state index contributed by atoms with van der Waals surface area (Å²) in [7, 11) is 0. The van der Waals surface area contributed by atoms with E-state index in [9.17, 15) is 0 Å². The van der Waals surface area contributed by atoms with Crippen LogP contribution in [-0.2, 0) is 0 Å². The van der Waals surface area contributed by atoms with Crippen molar-refractivity contribution in [2.45, 2.75) is 73.1 Å². The summed E-state index contributed by atoms with van der Waals surface area (Å²) in [6.07, 6.45) is 8.07. The van der Waals surface area contributed by atoms with E-state index in [1.807, 2.05) is 0 Å². The van der Waals surface area contributed by atoms with Crippen LogP contribution in [0.3, 0.4) is 0 Å². The van der Waals surface area contributed by atoms with E-state index in [0.717, 1.165) is 17.8 Å². The molecule has 1 saturated carbocycles. The van der Waals surface area contributed by atoms with Crippen LogP contribution < -0.4 is 5.32 Å². The first-order valence-electron chi connectivity index (χ1n) is 8.69. The third kappa shape index (κ3) is 5.99. The van der Waals surface area contributed by atoms with Gasteiger partial charge in [0.1, 0.15) is 0 Å². The highest BCUT2D eigenvalue weighted by molar-refractivity contribution is 4.92. The summed E-state index contributed by atoms with van der Waals surface area (Å²) in [5.41, 5.74) is 1.83. The molecular formula is C19H37N. The van der Waals surface area contributed by atoms with Crippen LogP contribution in [0.2, 0.25) is 0 Å². The summed E-state index contributed by atoms with van der Waals surface area (Å²) in [4.78, 5) is 0. The van der Waals surface area contributed by atoms with Gasteiger partial charge >= 0.3 is 0 Å². The Balaban J connectivity index is 2.57. The Labute approximate surface area is 127 Å². The molecule has 118 valence electrons. The van der Waals surface area contributed by atoms with Crippen LogP contribution in [0.25, 0.3) is 0 Å². The van der Waals surface area contributed by atoms with Crippen LogP contribution in [0.4, 0.5) is 0 Å². The number of rotatable bonds is 7. The summed E-state index contributed by atoms with van der Waals surface area (Å²) in [6.45, 7) is 18.2. The number of nitrogens with one attached hydrogen (secondary N) is 1. The van der Waals surface area contributed by atoms with E-state index in [4.69, 9.17) is 0 Å². The first kappa shape index (κ1) is 17.8. The van der Waals surface area contributed by atoms with Gasteiger partial charge in [0.05, 0.1) is 0 Å². The molecule has 20 heavy (non-hydrogen) atoms. The fourth-order valence-corrected chi connectivity index (χ4v) is 3.63. The molecule has 1 aliphatic carbocycles. The summed E-state index contributed by atoms with van der Waals surface area (Å²) in [5.74, 6) is 2.69. The van der Waals surface area contributed by atoms with Crippen molar-refractivity contribution in [3.8, 4) is 0 Å². The monoisotopic (exact) mass is 279 g/mol. The van der Waals surface area contributed by atoms with Gasteiger partial charge < -0.3 is 5.32 Å². The van der Waals surface area contributed by atoms with E-state index in [0.29, 0.717) is 5.41 Å². The van der Waals surface area contributed by atoms with Crippen molar-refractivity contribution < 1.29 is 0 Å². The normalized spacial score (nSPS) is 27.6. The molecule has 3 atom stereocenters. The zero-order valence-corrected chi connectivity index (χ0v) is 14.6. The lowest BCUT2D eigenvalue weighted by atomic mass is 9.64. The lowest BCUT2D eigenvalue weighted by Gasteiger charge is -2.42. The van der Waals surface area contributed by atoms with Crippen molar-refractivity contribution in [2.24, 2.45) is 23.2 Å². The maximum atomic E-state index is 4.09. The van der Waals surface area contributed by atoms with Crippen molar-refractivity contribution >= 4 is 0 Å². The average molecular weight is 280 g/mol. The molecule has 0 radical (unpaired) electrons. The van der Waals surface area contributed by atoms with Gasteiger partial charge in [0.25, 0.3) is 0 Å². The minimum atomic E-state index is 0.475. The van der Waals surface area contributed by atoms with Gasteiger partial charge in [-0.25, -0.2) is 0 Å². The Hall–Kier alpha value is -0.300. The summed E-state index contributed by atoms with van der Waals surface area (Å²) < 4.78 is 0. The van der Waals surface area contributed by atoms with Crippen LogP contribution in [0.5, 0.6) is 0 Å². The van der Waals surface area contributed by atoms with Crippen molar-refractivity contribution in [3.63, 3.8) is 0 Å². The molecule has 0 saturated heterocycles. The molecule has 0 aliphatic heterocycles. The Morgan fingerprint density at radius 2 is 1.90 bits per heavy atom. The second-order valence-corrected chi connectivity index (χ2v) is 8.10. The van der Waals surface area contributed by atoms with Crippen molar-refractivity contribution in [2.75, 3.05) is 13.1 Å². The summed E-state index contributed by atoms with van der Waals surface area (Å²) in [6, 6.07) is 0. The highest BCUT2D eigenvalue weighted by Gasteiger charge is 2.35. The SMILES string of the molecule is C=C(C)CCC1CC(C(C)(C)C)CCC1CNCCC. The molecular weight excluding hydrogens is 242 g/mol. The van der Waals surface area contributed by atoms with Gasteiger partial charge in [0, 0.05) is 0 Å². The first-order chi connectivity index (χ1) is 9.34. The Morgan fingerprint density at radius 1 is 1.20 bits per heavy atom. The molecule has 1 fully saturated rings. The largest absolute Gasteiger partial charge is 0.316 e. The zero-order valence-electron chi connectivity index (χ0n) is 14.6. The molecule has 0 aromatic carbocycles. The van der Waals surface area contributed by atoms with Crippen LogP contribution >= 0.6 is 0 Å². The standard InChI is InChI=1S/C19H37N/c1-7-12-20-14-17-10-11-18(19(4,5)6)13-16(17)9-8-15(2)3/h16-18,20H,2,7-14H2,1,3-6H3. The maximum Gasteiger partial charge on any atom is -0.00179 e. The molecule has 1 N–H and O–H groups in total. The first-order valence-corrected chi connectivity index (χ1v) is 8.69. The van der Waals surface area contributed by atoms with Gasteiger partial charge in [-0.2, -0.15) is 0 Å². The van der Waals surface area contributed by atoms with Crippen LogP contribution in [0, 0.1) is 23.2 Å². The molecule has 3 unspecified atom stereocenters. The minimum absolute atomic E-state index is 0.475. The van der Waals surface area contributed by atoms with Gasteiger partial charge in [0.15, 0.2) is 0 Å². The van der Waals surface area contributed by atoms with Crippen molar-refractivity contribution in [1.82, 2.24) is 5.32 Å². The highest BCUT2D eigenvalue weighted by Crippen LogP contribution is 2.44. The minimum Gasteiger partial charge on any atom is -0.316 e. The molecule has 0 aromatic heterocycles. The molecule has 1 aliphatic rings. The molecule has 0 amide bonds. The number of hydrogen-bond acceptors (Lipinski definition) is 1. The van der Waals surface area contributed by atoms with Gasteiger partial charge in [-0.05, 0) is 81.7 Å². The molecule has 1 rings (SSSR count). The quantitative estimate of drug-likeness (QED) is 0.484. The topological polar surface area (TPSA) is 12.0 Å². The van der Waals surface area contributed by atoms with Gasteiger partial charge in [-0.3, -0.25) is 0 Å². The second kappa shape index (κ2) is 8.22. The fraction of sp³-hybridized carbons (Fsp3) is 0.895. The summed E-state index contributed by atoms with van der Waals surface area (Å²) in [5, 5.41) is 3.65. The highest BCUT2D eigenvalue weighted by atomic mass is 14.9. The Morgan fingerprint density at radius 3 is 2.45 bits per heavy atom. The second-order valence-electron chi connectivity index (χ2n) is 8.10. The third-order valence-electron chi connectivity index (χ3n) is 5.14. The molecule has 1 nitrogen and oxygen atoms in total. The fourth-order valence-electron chi connectivity index (χ4n) is 3.63. The average Bonchev–Trinajstić information content (AvgIpc) is 2.36. The van der Waals surface area contributed by atoms with E-state index >= 15 is 0 Å². The van der Waals surface area contributed by atoms with Crippen LogP contribution in [-0.4, -0.2) is 13.1 Å². The Bertz CT molecular complexity index is 287.